The third kappa shape index (κ3) is 4.51. The van der Waals surface area contributed by atoms with Crippen LogP contribution in [0.2, 0.25) is 0 Å². The molecule has 0 radical (unpaired) electrons. The number of hydrogen-bond acceptors (Lipinski definition) is 5. The number of rotatable bonds is 5. The second kappa shape index (κ2) is 9.13. The van der Waals surface area contributed by atoms with Crippen LogP contribution in [0.4, 0.5) is 0 Å². The summed E-state index contributed by atoms with van der Waals surface area (Å²) in [5, 5.41) is 5.28. The fraction of sp³-hybridized carbons (Fsp3) is 0.115. The Kier molecular flexibility index (Phi) is 5.90. The maximum atomic E-state index is 12.9. The summed E-state index contributed by atoms with van der Waals surface area (Å²) in [7, 11) is 1.95. The fourth-order valence-corrected chi connectivity index (χ4v) is 5.67. The Morgan fingerprint density at radius 3 is 2.42 bits per heavy atom. The van der Waals surface area contributed by atoms with E-state index in [1.165, 1.54) is 5.56 Å². The first-order valence-corrected chi connectivity index (χ1v) is 12.2. The lowest BCUT2D eigenvalue weighted by Crippen LogP contribution is -2.24. The standard InChI is InChI=1S/C26H22N4OS2/c1-17-12-14-18(15-13-17)24-20(27-25(33-24)19-8-4-3-5-9-19)16-23(31)28-29-26-30(2)21-10-6-7-11-22(21)32-26/h3-15H,16H2,1-2H3,(H,28,31)/b29-26-. The third-order valence-electron chi connectivity index (χ3n) is 5.35. The van der Waals surface area contributed by atoms with Gasteiger partial charge in [0.25, 0.3) is 0 Å². The third-order valence-corrected chi connectivity index (χ3v) is 7.66. The van der Waals surface area contributed by atoms with Gasteiger partial charge in [-0.3, -0.25) is 4.79 Å². The average Bonchev–Trinajstić information content (AvgIpc) is 3.40. The molecule has 0 aliphatic heterocycles. The fourth-order valence-electron chi connectivity index (χ4n) is 3.60. The molecule has 3 aromatic carbocycles. The molecule has 5 aromatic rings. The van der Waals surface area contributed by atoms with Crippen molar-refractivity contribution in [2.75, 3.05) is 0 Å². The number of benzene rings is 3. The summed E-state index contributed by atoms with van der Waals surface area (Å²) in [5.41, 5.74) is 7.88. The molecule has 1 amide bonds. The number of carbonyl (C=O) groups is 1. The summed E-state index contributed by atoms with van der Waals surface area (Å²) in [6.07, 6.45) is 0.157. The Hall–Kier alpha value is -3.55. The quantitative estimate of drug-likeness (QED) is 0.344. The Morgan fingerprint density at radius 1 is 0.939 bits per heavy atom. The van der Waals surface area contributed by atoms with E-state index in [1.54, 1.807) is 22.7 Å². The monoisotopic (exact) mass is 470 g/mol. The van der Waals surface area contributed by atoms with Gasteiger partial charge >= 0.3 is 0 Å². The Morgan fingerprint density at radius 2 is 1.67 bits per heavy atom. The molecular formula is C26H22N4OS2. The molecule has 0 fully saturated rings. The Balaban J connectivity index is 1.45. The molecule has 0 aliphatic rings. The largest absolute Gasteiger partial charge is 0.318 e. The molecule has 0 spiro atoms. The molecule has 164 valence electrons. The van der Waals surface area contributed by atoms with Gasteiger partial charge in [-0.05, 0) is 24.6 Å². The Bertz CT molecular complexity index is 1500. The van der Waals surface area contributed by atoms with Crippen LogP contribution in [-0.4, -0.2) is 15.5 Å². The summed E-state index contributed by atoms with van der Waals surface area (Å²) in [4.78, 5) is 19.4. The van der Waals surface area contributed by atoms with Crippen molar-refractivity contribution in [3.05, 3.63) is 94.9 Å². The van der Waals surface area contributed by atoms with Gasteiger partial charge in [-0.25, -0.2) is 10.4 Å². The van der Waals surface area contributed by atoms with Gasteiger partial charge in [0, 0.05) is 12.6 Å². The molecule has 5 nitrogen and oxygen atoms in total. The van der Waals surface area contributed by atoms with Crippen LogP contribution in [0.5, 0.6) is 0 Å². The second-order valence-corrected chi connectivity index (χ2v) is 9.77. The van der Waals surface area contributed by atoms with Crippen LogP contribution in [-0.2, 0) is 18.3 Å². The first-order chi connectivity index (χ1) is 16.1. The van der Waals surface area contributed by atoms with Crippen LogP contribution >= 0.6 is 22.7 Å². The maximum absolute atomic E-state index is 12.9. The number of aromatic nitrogens is 2. The summed E-state index contributed by atoms with van der Waals surface area (Å²) >= 11 is 3.15. The molecule has 0 atom stereocenters. The number of thiazole rings is 2. The minimum Gasteiger partial charge on any atom is -0.318 e. The summed E-state index contributed by atoms with van der Waals surface area (Å²) in [5.74, 6) is -0.189. The van der Waals surface area contributed by atoms with Crippen LogP contribution < -0.4 is 10.2 Å². The van der Waals surface area contributed by atoms with Crippen molar-refractivity contribution in [1.82, 2.24) is 15.0 Å². The number of nitrogens with one attached hydrogen (secondary N) is 1. The molecule has 2 heterocycles. The lowest BCUT2D eigenvalue weighted by Gasteiger charge is -2.03. The maximum Gasteiger partial charge on any atom is 0.246 e. The lowest BCUT2D eigenvalue weighted by molar-refractivity contribution is -0.120. The van der Waals surface area contributed by atoms with Gasteiger partial charge in [-0.1, -0.05) is 83.6 Å². The van der Waals surface area contributed by atoms with Gasteiger partial charge < -0.3 is 4.57 Å². The number of nitrogens with zero attached hydrogens (tertiary/aromatic N) is 3. The highest BCUT2D eigenvalue weighted by Crippen LogP contribution is 2.36. The van der Waals surface area contributed by atoms with Crippen LogP contribution in [0.1, 0.15) is 11.3 Å². The predicted octanol–water partition coefficient (Wildman–Crippen LogP) is 5.51. The van der Waals surface area contributed by atoms with E-state index < -0.39 is 0 Å². The topological polar surface area (TPSA) is 59.3 Å². The average molecular weight is 471 g/mol. The zero-order valence-corrected chi connectivity index (χ0v) is 19.9. The molecular weight excluding hydrogens is 448 g/mol. The molecule has 0 bridgehead atoms. The van der Waals surface area contributed by atoms with Crippen molar-refractivity contribution in [3.8, 4) is 21.0 Å². The van der Waals surface area contributed by atoms with Crippen molar-refractivity contribution < 1.29 is 4.79 Å². The normalized spacial score (nSPS) is 11.8. The molecule has 33 heavy (non-hydrogen) atoms. The van der Waals surface area contributed by atoms with Crippen LogP contribution in [0.25, 0.3) is 31.2 Å². The minimum absolute atomic E-state index is 0.157. The smallest absolute Gasteiger partial charge is 0.246 e. The molecule has 2 aromatic heterocycles. The van der Waals surface area contributed by atoms with Gasteiger partial charge in [0.1, 0.15) is 5.01 Å². The number of aryl methyl sites for hydroxylation is 2. The first-order valence-electron chi connectivity index (χ1n) is 10.6. The molecule has 5 rings (SSSR count). The van der Waals surface area contributed by atoms with Crippen molar-refractivity contribution in [2.45, 2.75) is 13.3 Å². The molecule has 1 N–H and O–H groups in total. The minimum atomic E-state index is -0.189. The van der Waals surface area contributed by atoms with Crippen molar-refractivity contribution in [1.29, 1.82) is 0 Å². The van der Waals surface area contributed by atoms with Crippen LogP contribution in [0.15, 0.2) is 84.0 Å². The second-order valence-electron chi connectivity index (χ2n) is 7.76. The zero-order valence-electron chi connectivity index (χ0n) is 18.3. The van der Waals surface area contributed by atoms with Crippen molar-refractivity contribution in [3.63, 3.8) is 0 Å². The number of para-hydroxylation sites is 1. The van der Waals surface area contributed by atoms with Crippen molar-refractivity contribution in [2.24, 2.45) is 12.1 Å². The van der Waals surface area contributed by atoms with Gasteiger partial charge in [0.2, 0.25) is 10.7 Å². The highest BCUT2D eigenvalue weighted by atomic mass is 32.1. The van der Waals surface area contributed by atoms with E-state index in [2.05, 4.69) is 47.8 Å². The SMILES string of the molecule is Cc1ccc(-c2sc(-c3ccccc3)nc2CC(=O)N/N=c2\sc3ccccc3n2C)cc1. The predicted molar refractivity (Wildman–Crippen MR) is 136 cm³/mol. The molecule has 0 saturated carbocycles. The molecule has 0 aliphatic carbocycles. The van der Waals surface area contributed by atoms with Crippen molar-refractivity contribution >= 4 is 38.8 Å². The van der Waals surface area contributed by atoms with Crippen LogP contribution in [0.3, 0.4) is 0 Å². The molecule has 0 unspecified atom stereocenters. The van der Waals surface area contributed by atoms with Gasteiger partial charge in [-0.2, -0.15) is 0 Å². The lowest BCUT2D eigenvalue weighted by atomic mass is 10.1. The highest BCUT2D eigenvalue weighted by molar-refractivity contribution is 7.18. The molecule has 7 heteroatoms. The van der Waals surface area contributed by atoms with Crippen LogP contribution in [0, 0.1) is 6.92 Å². The van der Waals surface area contributed by atoms with Gasteiger partial charge in [0.15, 0.2) is 0 Å². The van der Waals surface area contributed by atoms with E-state index in [9.17, 15) is 4.79 Å². The molecule has 0 saturated heterocycles. The number of amides is 1. The van der Waals surface area contributed by atoms with E-state index in [0.717, 1.165) is 41.7 Å². The highest BCUT2D eigenvalue weighted by Gasteiger charge is 2.17. The van der Waals surface area contributed by atoms with Gasteiger partial charge in [0.05, 0.1) is 27.2 Å². The summed E-state index contributed by atoms with van der Waals surface area (Å²) in [6, 6.07) is 26.5. The first kappa shape index (κ1) is 21.3. The van der Waals surface area contributed by atoms with E-state index in [-0.39, 0.29) is 12.3 Å². The van der Waals surface area contributed by atoms with E-state index in [0.29, 0.717) is 0 Å². The zero-order chi connectivity index (χ0) is 22.8. The Labute approximate surface area is 199 Å². The van der Waals surface area contributed by atoms with E-state index in [1.807, 2.05) is 60.1 Å². The number of carbonyl (C=O) groups excluding carboxylic acids is 1. The van der Waals surface area contributed by atoms with E-state index in [4.69, 9.17) is 4.98 Å². The van der Waals surface area contributed by atoms with E-state index >= 15 is 0 Å². The summed E-state index contributed by atoms with van der Waals surface area (Å²) in [6.45, 7) is 2.07. The summed E-state index contributed by atoms with van der Waals surface area (Å²) < 4.78 is 3.11. The van der Waals surface area contributed by atoms with Gasteiger partial charge in [-0.15, -0.1) is 16.4 Å². The number of hydrogen-bond donors (Lipinski definition) is 1. The number of fused-ring (bicyclic) bond motifs is 1.